The highest BCUT2D eigenvalue weighted by molar-refractivity contribution is 9.09. The Kier molecular flexibility index (Phi) is 14.4. The van der Waals surface area contributed by atoms with Crippen molar-refractivity contribution in [3.05, 3.63) is 12.2 Å². The Labute approximate surface area is 106 Å². The molecule has 0 aliphatic carbocycles. The number of allylic oxidation sites excluding steroid dienone is 2. The van der Waals surface area contributed by atoms with E-state index < -0.39 is 0 Å². The van der Waals surface area contributed by atoms with Crippen molar-refractivity contribution in [2.24, 2.45) is 0 Å². The number of hydrogen-bond donors (Lipinski definition) is 0. The summed E-state index contributed by atoms with van der Waals surface area (Å²) in [4.78, 5) is 0. The fourth-order valence-corrected chi connectivity index (χ4v) is 2.08. The summed E-state index contributed by atoms with van der Waals surface area (Å²) in [6, 6.07) is 0. The van der Waals surface area contributed by atoms with Crippen molar-refractivity contribution in [3.63, 3.8) is 0 Å². The van der Waals surface area contributed by atoms with Crippen LogP contribution in [0.2, 0.25) is 0 Å². The van der Waals surface area contributed by atoms with Crippen LogP contribution in [0.1, 0.15) is 51.4 Å². The normalized spacial score (nSPS) is 11.3. The van der Waals surface area contributed by atoms with Gasteiger partial charge in [-0.2, -0.15) is 0 Å². The Morgan fingerprint density at radius 3 is 1.79 bits per heavy atom. The van der Waals surface area contributed by atoms with E-state index in [1.54, 1.807) is 0 Å². The van der Waals surface area contributed by atoms with Crippen LogP contribution in [0.4, 0.5) is 0 Å². The minimum absolute atomic E-state index is 1.000. The molecule has 0 aromatic heterocycles. The maximum Gasteiger partial charge on any atom is 0.0212 e. The molecule has 0 spiro atoms. The maximum absolute atomic E-state index is 3.46. The lowest BCUT2D eigenvalue weighted by molar-refractivity contribution is 0.594. The van der Waals surface area contributed by atoms with E-state index in [9.17, 15) is 0 Å². The van der Waals surface area contributed by atoms with E-state index in [-0.39, 0.29) is 0 Å². The predicted octanol–water partition coefficient (Wildman–Crippen LogP) is 5.45. The van der Waals surface area contributed by atoms with Crippen LogP contribution in [0.25, 0.3) is 0 Å². The molecule has 0 saturated heterocycles. The predicted molar refractivity (Wildman–Crippen MR) is 73.7 cm³/mol. The summed E-state index contributed by atoms with van der Waals surface area (Å²) in [5, 5.41) is 2.17. The smallest absolute Gasteiger partial charge is 0.0212 e. The van der Waals surface area contributed by atoms with Crippen molar-refractivity contribution in [1.82, 2.24) is 0 Å². The van der Waals surface area contributed by atoms with Gasteiger partial charge in [-0.3, -0.25) is 0 Å². The molecule has 0 fully saturated rings. The highest BCUT2D eigenvalue weighted by Crippen LogP contribution is 2.09. The number of halogens is 2. The number of hydrogen-bond acceptors (Lipinski definition) is 0. The SMILES string of the molecule is BrCC=CCCCCCCCCCBr. The first-order valence-electron chi connectivity index (χ1n) is 5.68. The lowest BCUT2D eigenvalue weighted by Gasteiger charge is -1.99. The zero-order valence-corrected chi connectivity index (χ0v) is 12.2. The lowest BCUT2D eigenvalue weighted by Crippen LogP contribution is -1.80. The van der Waals surface area contributed by atoms with Crippen molar-refractivity contribution in [3.8, 4) is 0 Å². The van der Waals surface area contributed by atoms with Crippen molar-refractivity contribution in [2.75, 3.05) is 10.7 Å². The minimum Gasteiger partial charge on any atom is -0.0928 e. The Hall–Kier alpha value is 0.700. The molecule has 0 unspecified atom stereocenters. The summed E-state index contributed by atoms with van der Waals surface area (Å²) in [5.41, 5.74) is 0. The number of alkyl halides is 2. The molecule has 0 amide bonds. The van der Waals surface area contributed by atoms with Gasteiger partial charge >= 0.3 is 0 Å². The van der Waals surface area contributed by atoms with Crippen molar-refractivity contribution >= 4 is 31.9 Å². The van der Waals surface area contributed by atoms with Gasteiger partial charge in [0.05, 0.1) is 0 Å². The first-order chi connectivity index (χ1) is 6.91. The van der Waals surface area contributed by atoms with Crippen LogP contribution in [-0.2, 0) is 0 Å². The quantitative estimate of drug-likeness (QED) is 0.284. The van der Waals surface area contributed by atoms with Gasteiger partial charge in [-0.1, -0.05) is 76.1 Å². The van der Waals surface area contributed by atoms with Gasteiger partial charge in [0, 0.05) is 10.7 Å². The molecule has 0 aliphatic heterocycles. The van der Waals surface area contributed by atoms with Gasteiger partial charge in [0.25, 0.3) is 0 Å². The van der Waals surface area contributed by atoms with Gasteiger partial charge < -0.3 is 0 Å². The van der Waals surface area contributed by atoms with Crippen LogP contribution in [-0.4, -0.2) is 10.7 Å². The monoisotopic (exact) mass is 324 g/mol. The fraction of sp³-hybridized carbons (Fsp3) is 0.833. The standard InChI is InChI=1S/C12H22Br2/c13-11-9-7-5-3-1-2-4-6-8-10-12-14/h7,9H,1-6,8,10-12H2. The highest BCUT2D eigenvalue weighted by Gasteiger charge is 1.90. The average Bonchev–Trinajstić information content (AvgIpc) is 2.21. The molecule has 84 valence electrons. The summed E-state index contributed by atoms with van der Waals surface area (Å²) >= 11 is 6.83. The van der Waals surface area contributed by atoms with Gasteiger partial charge in [-0.25, -0.2) is 0 Å². The molecule has 0 heterocycles. The summed E-state index contributed by atoms with van der Waals surface area (Å²) < 4.78 is 0. The van der Waals surface area contributed by atoms with Crippen molar-refractivity contribution in [2.45, 2.75) is 51.4 Å². The molecule has 2 heteroatoms. The Morgan fingerprint density at radius 2 is 1.21 bits per heavy atom. The van der Waals surface area contributed by atoms with E-state index >= 15 is 0 Å². The summed E-state index contributed by atoms with van der Waals surface area (Å²) in [7, 11) is 0. The van der Waals surface area contributed by atoms with Gasteiger partial charge in [-0.15, -0.1) is 0 Å². The second kappa shape index (κ2) is 13.7. The molecule has 0 aromatic rings. The lowest BCUT2D eigenvalue weighted by atomic mass is 10.1. The maximum atomic E-state index is 3.46. The third kappa shape index (κ3) is 12.7. The Morgan fingerprint density at radius 1 is 0.643 bits per heavy atom. The molecule has 0 bridgehead atoms. The van der Waals surface area contributed by atoms with E-state index in [4.69, 9.17) is 0 Å². The van der Waals surface area contributed by atoms with Crippen LogP contribution in [0.15, 0.2) is 12.2 Å². The number of unbranched alkanes of at least 4 members (excludes halogenated alkanes) is 7. The van der Waals surface area contributed by atoms with E-state index in [1.165, 1.54) is 56.7 Å². The summed E-state index contributed by atoms with van der Waals surface area (Å²) in [5.74, 6) is 0. The molecular weight excluding hydrogens is 304 g/mol. The molecule has 14 heavy (non-hydrogen) atoms. The summed E-state index contributed by atoms with van der Waals surface area (Å²) in [6.07, 6.45) is 15.5. The number of rotatable bonds is 10. The second-order valence-corrected chi connectivity index (χ2v) is 5.02. The highest BCUT2D eigenvalue weighted by atomic mass is 79.9. The van der Waals surface area contributed by atoms with Crippen molar-refractivity contribution < 1.29 is 0 Å². The summed E-state index contributed by atoms with van der Waals surface area (Å²) in [6.45, 7) is 0. The fourth-order valence-electron chi connectivity index (χ4n) is 1.42. The van der Waals surface area contributed by atoms with E-state index in [0.717, 1.165) is 5.33 Å². The molecule has 0 radical (unpaired) electrons. The molecule has 0 rings (SSSR count). The van der Waals surface area contributed by atoms with Crippen LogP contribution < -0.4 is 0 Å². The second-order valence-electron chi connectivity index (χ2n) is 3.58. The topological polar surface area (TPSA) is 0 Å². The van der Waals surface area contributed by atoms with Crippen LogP contribution in [0, 0.1) is 0 Å². The molecule has 0 atom stereocenters. The van der Waals surface area contributed by atoms with Gasteiger partial charge in [0.2, 0.25) is 0 Å². The first kappa shape index (κ1) is 14.7. The third-order valence-corrected chi connectivity index (χ3v) is 3.19. The van der Waals surface area contributed by atoms with Crippen LogP contribution in [0.5, 0.6) is 0 Å². The Bertz CT molecular complexity index is 121. The Balaban J connectivity index is 2.88. The van der Waals surface area contributed by atoms with Crippen molar-refractivity contribution in [1.29, 1.82) is 0 Å². The zero-order valence-electron chi connectivity index (χ0n) is 8.98. The third-order valence-electron chi connectivity index (χ3n) is 2.26. The average molecular weight is 326 g/mol. The van der Waals surface area contributed by atoms with Gasteiger partial charge in [0.1, 0.15) is 0 Å². The van der Waals surface area contributed by atoms with E-state index in [0.29, 0.717) is 0 Å². The largest absolute Gasteiger partial charge is 0.0928 e. The first-order valence-corrected chi connectivity index (χ1v) is 7.93. The van der Waals surface area contributed by atoms with E-state index in [1.807, 2.05) is 0 Å². The molecule has 0 aliphatic rings. The van der Waals surface area contributed by atoms with Crippen LogP contribution >= 0.6 is 31.9 Å². The molecular formula is C12H22Br2. The van der Waals surface area contributed by atoms with E-state index in [2.05, 4.69) is 44.0 Å². The van der Waals surface area contributed by atoms with Crippen LogP contribution in [0.3, 0.4) is 0 Å². The molecule has 0 nitrogen and oxygen atoms in total. The molecule has 0 N–H and O–H groups in total. The molecule has 0 saturated carbocycles. The van der Waals surface area contributed by atoms with Gasteiger partial charge in [-0.05, 0) is 19.3 Å². The zero-order chi connectivity index (χ0) is 10.5. The molecule has 0 aromatic carbocycles. The van der Waals surface area contributed by atoms with Gasteiger partial charge in [0.15, 0.2) is 0 Å². The minimum atomic E-state index is 1.000.